The lowest BCUT2D eigenvalue weighted by Gasteiger charge is -2.35. The van der Waals surface area contributed by atoms with Gasteiger partial charge in [-0.05, 0) is 70.7 Å². The molecule has 1 aliphatic rings. The second kappa shape index (κ2) is 16.6. The molecule has 0 spiro atoms. The third-order valence-electron chi connectivity index (χ3n) is 8.62. The summed E-state index contributed by atoms with van der Waals surface area (Å²) in [7, 11) is -2.45. The van der Waals surface area contributed by atoms with Gasteiger partial charge in [0.1, 0.15) is 16.3 Å². The minimum Gasteiger partial charge on any atom is -0.490 e. The van der Waals surface area contributed by atoms with Crippen molar-refractivity contribution in [3.8, 4) is 5.75 Å². The van der Waals surface area contributed by atoms with E-state index in [1.54, 1.807) is 43.9 Å². The summed E-state index contributed by atoms with van der Waals surface area (Å²) in [5, 5.41) is 16.9. The summed E-state index contributed by atoms with van der Waals surface area (Å²) in [6, 6.07) is 13.8. The van der Waals surface area contributed by atoms with Gasteiger partial charge in [0, 0.05) is 38.3 Å². The van der Waals surface area contributed by atoms with Crippen LogP contribution in [-0.4, -0.2) is 91.3 Å². The molecule has 0 radical (unpaired) electrons. The van der Waals surface area contributed by atoms with Crippen molar-refractivity contribution in [3.63, 3.8) is 0 Å². The summed E-state index contributed by atoms with van der Waals surface area (Å²) < 4.78 is 46.1. The topological polar surface area (TPSA) is 152 Å². The molecule has 2 aromatic carbocycles. The Balaban J connectivity index is 1.64. The number of amides is 2. The number of ether oxygens (including phenoxy) is 2. The van der Waals surface area contributed by atoms with E-state index in [4.69, 9.17) is 14.0 Å². The molecule has 0 fully saturated rings. The molecule has 0 unspecified atom stereocenters. The largest absolute Gasteiger partial charge is 0.490 e. The number of rotatable bonds is 9. The minimum absolute atomic E-state index is 0.0246. The smallest absolute Gasteiger partial charge is 0.258 e. The molecule has 0 saturated carbocycles. The van der Waals surface area contributed by atoms with Crippen molar-refractivity contribution in [2.24, 2.45) is 5.92 Å². The maximum Gasteiger partial charge on any atom is 0.258 e. The van der Waals surface area contributed by atoms with Crippen molar-refractivity contribution >= 4 is 27.5 Å². The number of nitrogens with zero attached hydrogens (tertiary/aromatic N) is 3. The van der Waals surface area contributed by atoms with E-state index in [0.29, 0.717) is 24.5 Å². The second-order valence-electron chi connectivity index (χ2n) is 12.7. The number of aromatic nitrogens is 1. The summed E-state index contributed by atoms with van der Waals surface area (Å²) in [5.74, 6) is -0.374. The molecule has 1 aromatic heterocycles. The number of aliphatic hydroxyl groups excluding tert-OH is 1. The number of carbonyl (C=O) groups excluding carboxylic acids is 2. The Morgan fingerprint density at radius 1 is 1.15 bits per heavy atom. The zero-order valence-electron chi connectivity index (χ0n) is 28.6. The Kier molecular flexibility index (Phi) is 12.8. The highest BCUT2D eigenvalue weighted by Gasteiger charge is 2.34. The molecule has 3 aromatic rings. The molecule has 12 nitrogen and oxygen atoms in total. The fourth-order valence-electron chi connectivity index (χ4n) is 5.80. The van der Waals surface area contributed by atoms with Crippen molar-refractivity contribution in [1.29, 1.82) is 0 Å². The summed E-state index contributed by atoms with van der Waals surface area (Å²) in [4.78, 5) is 28.8. The van der Waals surface area contributed by atoms with Crippen LogP contribution in [-0.2, 0) is 26.0 Å². The Bertz CT molecular complexity index is 1630. The molecule has 2 N–H and O–H groups in total. The van der Waals surface area contributed by atoms with Crippen LogP contribution in [0.25, 0.3) is 0 Å². The van der Waals surface area contributed by atoms with Gasteiger partial charge in [-0.25, -0.2) is 8.42 Å². The van der Waals surface area contributed by atoms with E-state index in [1.165, 1.54) is 11.4 Å². The first-order valence-electron chi connectivity index (χ1n) is 16.4. The van der Waals surface area contributed by atoms with Crippen LogP contribution < -0.4 is 10.1 Å². The van der Waals surface area contributed by atoms with Gasteiger partial charge >= 0.3 is 0 Å². The quantitative estimate of drug-likeness (QED) is 0.330. The number of carbonyl (C=O) groups is 2. The predicted octanol–water partition coefficient (Wildman–Crippen LogP) is 4.59. The molecular weight excluding hydrogens is 636 g/mol. The first-order valence-corrected chi connectivity index (χ1v) is 17.8. The van der Waals surface area contributed by atoms with Crippen LogP contribution in [0.2, 0.25) is 0 Å². The highest BCUT2D eigenvalue weighted by atomic mass is 32.2. The number of hydrogen-bond donors (Lipinski definition) is 2. The molecule has 0 aliphatic carbocycles. The summed E-state index contributed by atoms with van der Waals surface area (Å²) in [6.07, 6.45) is 1.59. The van der Waals surface area contributed by atoms with Gasteiger partial charge in [-0.3, -0.25) is 9.59 Å². The summed E-state index contributed by atoms with van der Waals surface area (Å²) >= 11 is 0. The van der Waals surface area contributed by atoms with Gasteiger partial charge < -0.3 is 29.3 Å². The van der Waals surface area contributed by atoms with Crippen LogP contribution in [0.15, 0.2) is 57.9 Å². The molecule has 0 bridgehead atoms. The molecular formula is C35H48N4O8S. The van der Waals surface area contributed by atoms with Gasteiger partial charge in [0.15, 0.2) is 5.76 Å². The van der Waals surface area contributed by atoms with E-state index >= 15 is 0 Å². The molecule has 4 atom stereocenters. The SMILES string of the molecule is Cc1noc(C)c1S(=O)(=O)N(C)C[C@H]1OCCCC[C@H](C)Oc2ccc(NC(=O)Cc3ccccc3)cc2C(=O)N([C@@H](C)CO)C[C@@H]1C. The van der Waals surface area contributed by atoms with Crippen LogP contribution in [0.3, 0.4) is 0 Å². The third kappa shape index (κ3) is 9.22. The zero-order chi connectivity index (χ0) is 35.0. The van der Waals surface area contributed by atoms with Crippen LogP contribution in [0, 0.1) is 19.8 Å². The fraction of sp³-hybridized carbons (Fsp3) is 0.514. The molecule has 2 amide bonds. The van der Waals surface area contributed by atoms with Crippen molar-refractivity contribution in [1.82, 2.24) is 14.4 Å². The average molecular weight is 685 g/mol. The highest BCUT2D eigenvalue weighted by molar-refractivity contribution is 7.89. The Morgan fingerprint density at radius 2 is 1.88 bits per heavy atom. The second-order valence-corrected chi connectivity index (χ2v) is 14.6. The Labute approximate surface area is 283 Å². The third-order valence-corrected chi connectivity index (χ3v) is 10.7. The number of sulfonamides is 1. The number of fused-ring (bicyclic) bond motifs is 1. The van der Waals surface area contributed by atoms with E-state index in [9.17, 15) is 23.1 Å². The van der Waals surface area contributed by atoms with Crippen molar-refractivity contribution < 1.29 is 37.1 Å². The summed E-state index contributed by atoms with van der Waals surface area (Å²) in [5.41, 5.74) is 1.83. The Hall–Kier alpha value is -3.78. The molecule has 13 heteroatoms. The lowest BCUT2D eigenvalue weighted by Crippen LogP contribution is -2.48. The van der Waals surface area contributed by atoms with Crippen LogP contribution in [0.5, 0.6) is 5.75 Å². The van der Waals surface area contributed by atoms with Crippen molar-refractivity contribution in [3.05, 3.63) is 71.1 Å². The predicted molar refractivity (Wildman–Crippen MR) is 181 cm³/mol. The normalized spacial score (nSPS) is 20.5. The number of likely N-dealkylation sites (N-methyl/N-ethyl adjacent to an activating group) is 1. The van der Waals surface area contributed by atoms with Gasteiger partial charge in [-0.1, -0.05) is 42.4 Å². The van der Waals surface area contributed by atoms with Crippen LogP contribution in [0.4, 0.5) is 5.69 Å². The molecule has 4 rings (SSSR count). The van der Waals surface area contributed by atoms with E-state index in [2.05, 4.69) is 10.5 Å². The van der Waals surface area contributed by atoms with Crippen molar-refractivity contribution in [2.75, 3.05) is 38.7 Å². The van der Waals surface area contributed by atoms with Gasteiger partial charge in [-0.15, -0.1) is 0 Å². The molecule has 2 heterocycles. The molecule has 0 saturated heterocycles. The average Bonchev–Trinajstić information content (AvgIpc) is 3.40. The number of aliphatic hydroxyl groups is 1. The van der Waals surface area contributed by atoms with E-state index in [-0.39, 0.29) is 66.0 Å². The van der Waals surface area contributed by atoms with E-state index < -0.39 is 28.1 Å². The monoisotopic (exact) mass is 684 g/mol. The van der Waals surface area contributed by atoms with Gasteiger partial charge in [0.25, 0.3) is 5.91 Å². The number of hydrogen-bond acceptors (Lipinski definition) is 9. The van der Waals surface area contributed by atoms with Crippen LogP contribution in [0.1, 0.15) is 67.4 Å². The lowest BCUT2D eigenvalue weighted by molar-refractivity contribution is -0.115. The number of nitrogens with one attached hydrogen (secondary N) is 1. The highest BCUT2D eigenvalue weighted by Crippen LogP contribution is 2.29. The van der Waals surface area contributed by atoms with Crippen molar-refractivity contribution in [2.45, 2.75) is 83.4 Å². The maximum absolute atomic E-state index is 14.4. The van der Waals surface area contributed by atoms with Crippen LogP contribution >= 0.6 is 0 Å². The first-order chi connectivity index (χ1) is 22.8. The maximum atomic E-state index is 14.4. The Morgan fingerprint density at radius 3 is 2.54 bits per heavy atom. The number of anilines is 1. The molecule has 48 heavy (non-hydrogen) atoms. The van der Waals surface area contributed by atoms with Gasteiger partial charge in [-0.2, -0.15) is 4.31 Å². The fourth-order valence-corrected chi connectivity index (χ4v) is 7.27. The number of aryl methyl sites for hydroxylation is 2. The number of benzene rings is 2. The standard InChI is InChI=1S/C35H48N4O8S/c1-23-20-39(24(2)22-40)35(42)30-19-29(36-33(41)18-28-13-8-7-9-14-28)15-16-31(30)46-25(3)12-10-11-17-45-32(23)21-38(6)48(43,44)34-26(4)37-47-27(34)5/h7-9,13-16,19,23-25,32,40H,10-12,17-18,20-22H2,1-6H3,(H,36,41)/t23-,24-,25-,32+/m0/s1. The van der Waals surface area contributed by atoms with Gasteiger partial charge in [0.2, 0.25) is 15.9 Å². The summed E-state index contributed by atoms with van der Waals surface area (Å²) in [6.45, 7) is 9.00. The molecule has 262 valence electrons. The van der Waals surface area contributed by atoms with Gasteiger partial charge in [0.05, 0.1) is 36.8 Å². The lowest BCUT2D eigenvalue weighted by atomic mass is 10.0. The van der Waals surface area contributed by atoms with E-state index in [0.717, 1.165) is 18.4 Å². The zero-order valence-corrected chi connectivity index (χ0v) is 29.5. The van der Waals surface area contributed by atoms with E-state index in [1.807, 2.05) is 44.2 Å². The first kappa shape index (κ1) is 37.0. The molecule has 1 aliphatic heterocycles. The minimum atomic E-state index is -3.94.